The number of ketones is 1. The highest BCUT2D eigenvalue weighted by atomic mass is 16.6. The summed E-state index contributed by atoms with van der Waals surface area (Å²) in [6, 6.07) is 7.60. The molecule has 1 aromatic rings. The van der Waals surface area contributed by atoms with E-state index in [9.17, 15) is 9.59 Å². The van der Waals surface area contributed by atoms with Crippen molar-refractivity contribution in [3.63, 3.8) is 0 Å². The van der Waals surface area contributed by atoms with Crippen LogP contribution in [-0.2, 0) is 19.1 Å². The van der Waals surface area contributed by atoms with Crippen molar-refractivity contribution in [2.45, 2.75) is 59.5 Å². The minimum Gasteiger partial charge on any atom is -0.494 e. The maximum Gasteiger partial charge on any atom is 0.315 e. The Bertz CT molecular complexity index is 897. The van der Waals surface area contributed by atoms with Gasteiger partial charge in [0.15, 0.2) is 5.78 Å². The zero-order valence-electron chi connectivity index (χ0n) is 19.8. The van der Waals surface area contributed by atoms with E-state index < -0.39 is 17.8 Å². The predicted molar refractivity (Wildman–Crippen MR) is 123 cm³/mol. The highest BCUT2D eigenvalue weighted by Gasteiger charge is 2.46. The molecule has 2 unspecified atom stereocenters. The van der Waals surface area contributed by atoms with Gasteiger partial charge in [-0.2, -0.15) is 0 Å². The first kappa shape index (κ1) is 24.1. The van der Waals surface area contributed by atoms with Gasteiger partial charge >= 0.3 is 5.97 Å². The van der Waals surface area contributed by atoms with E-state index >= 15 is 0 Å². The van der Waals surface area contributed by atoms with Crippen LogP contribution in [-0.4, -0.2) is 37.7 Å². The molecule has 1 aliphatic carbocycles. The summed E-state index contributed by atoms with van der Waals surface area (Å²) >= 11 is 0. The number of allylic oxidation sites excluding steroid dienone is 2. The number of esters is 1. The van der Waals surface area contributed by atoms with Crippen LogP contribution in [0.4, 0.5) is 0 Å². The van der Waals surface area contributed by atoms with Crippen LogP contribution in [0.3, 0.4) is 0 Å². The number of Topliss-reactive ketones (excluding diaryl/α,β-unsaturated/α-hetero) is 1. The molecule has 0 saturated carbocycles. The molecule has 174 valence electrons. The van der Waals surface area contributed by atoms with Gasteiger partial charge in [0.25, 0.3) is 0 Å². The minimum absolute atomic E-state index is 0.0625. The number of nitrogens with one attached hydrogen (secondary N) is 1. The summed E-state index contributed by atoms with van der Waals surface area (Å²) in [4.78, 5) is 26.5. The lowest BCUT2D eigenvalue weighted by molar-refractivity contribution is -0.150. The predicted octanol–water partition coefficient (Wildman–Crippen LogP) is 4.51. The fraction of sp³-hybridized carbons (Fsp3) is 0.538. The van der Waals surface area contributed by atoms with E-state index in [1.54, 1.807) is 0 Å². The molecule has 1 aliphatic heterocycles. The third kappa shape index (κ3) is 5.41. The lowest BCUT2D eigenvalue weighted by Gasteiger charge is -2.42. The van der Waals surface area contributed by atoms with Crippen LogP contribution in [0, 0.1) is 11.3 Å². The normalized spacial score (nSPS) is 22.4. The van der Waals surface area contributed by atoms with E-state index in [0.29, 0.717) is 30.9 Å². The largest absolute Gasteiger partial charge is 0.494 e. The Morgan fingerprint density at radius 2 is 1.88 bits per heavy atom. The quantitative estimate of drug-likeness (QED) is 0.473. The van der Waals surface area contributed by atoms with Gasteiger partial charge in [-0.15, -0.1) is 0 Å². The van der Waals surface area contributed by atoms with Crippen LogP contribution in [0.2, 0.25) is 0 Å². The summed E-state index contributed by atoms with van der Waals surface area (Å²) in [6.45, 7) is 15.2. The molecule has 2 aliphatic rings. The van der Waals surface area contributed by atoms with Crippen LogP contribution in [0.1, 0.15) is 58.9 Å². The molecule has 0 spiro atoms. The van der Waals surface area contributed by atoms with Gasteiger partial charge < -0.3 is 19.5 Å². The van der Waals surface area contributed by atoms with Crippen molar-refractivity contribution in [2.75, 3.05) is 19.8 Å². The molecule has 1 aromatic carbocycles. The lowest BCUT2D eigenvalue weighted by atomic mass is 9.66. The molecular formula is C26H35NO5. The number of hydrogen-bond acceptors (Lipinski definition) is 6. The summed E-state index contributed by atoms with van der Waals surface area (Å²) in [7, 11) is 0. The topological polar surface area (TPSA) is 73.9 Å². The minimum atomic E-state index is -0.698. The van der Waals surface area contributed by atoms with Crippen molar-refractivity contribution in [1.82, 2.24) is 5.32 Å². The Kier molecular flexibility index (Phi) is 7.44. The van der Waals surface area contributed by atoms with Gasteiger partial charge in [0, 0.05) is 29.3 Å². The van der Waals surface area contributed by atoms with Crippen LogP contribution in [0.15, 0.2) is 47.8 Å². The number of carbonyl (C=O) groups excluding carboxylic acids is 2. The Labute approximate surface area is 191 Å². The lowest BCUT2D eigenvalue weighted by Crippen LogP contribution is -2.43. The molecule has 32 heavy (non-hydrogen) atoms. The Hall–Kier alpha value is -2.60. The number of carbonyl (C=O) groups is 2. The zero-order chi connectivity index (χ0) is 23.5. The second kappa shape index (κ2) is 9.90. The molecule has 2 atom stereocenters. The van der Waals surface area contributed by atoms with Crippen LogP contribution in [0.25, 0.3) is 0 Å². The fourth-order valence-electron chi connectivity index (χ4n) is 4.54. The van der Waals surface area contributed by atoms with Gasteiger partial charge in [-0.1, -0.05) is 32.6 Å². The number of ether oxygens (including phenoxy) is 3. The first-order valence-corrected chi connectivity index (χ1v) is 11.4. The highest BCUT2D eigenvalue weighted by Crippen LogP contribution is 2.48. The molecule has 1 heterocycles. The first-order chi connectivity index (χ1) is 15.1. The molecule has 0 radical (unpaired) electrons. The highest BCUT2D eigenvalue weighted by molar-refractivity contribution is 6.00. The monoisotopic (exact) mass is 441 g/mol. The molecule has 0 saturated heterocycles. The van der Waals surface area contributed by atoms with Gasteiger partial charge in [-0.05, 0) is 50.3 Å². The van der Waals surface area contributed by atoms with Crippen LogP contribution >= 0.6 is 0 Å². The van der Waals surface area contributed by atoms with E-state index in [4.69, 9.17) is 14.2 Å². The molecule has 0 bridgehead atoms. The summed E-state index contributed by atoms with van der Waals surface area (Å²) < 4.78 is 16.6. The van der Waals surface area contributed by atoms with Gasteiger partial charge in [0.2, 0.25) is 0 Å². The summed E-state index contributed by atoms with van der Waals surface area (Å²) in [5, 5.41) is 3.28. The van der Waals surface area contributed by atoms with Gasteiger partial charge in [0.05, 0.1) is 19.3 Å². The molecule has 0 amide bonds. The van der Waals surface area contributed by atoms with Gasteiger partial charge in [-0.3, -0.25) is 9.59 Å². The molecule has 0 fully saturated rings. The summed E-state index contributed by atoms with van der Waals surface area (Å²) in [5.41, 5.74) is 2.82. The Balaban J connectivity index is 1.96. The van der Waals surface area contributed by atoms with E-state index in [-0.39, 0.29) is 23.9 Å². The maximum absolute atomic E-state index is 13.3. The third-order valence-corrected chi connectivity index (χ3v) is 5.83. The third-order valence-electron chi connectivity index (χ3n) is 5.83. The SMILES string of the molecule is C=C1NC2=C(C(=O)CC(C)(C)C2)C(c2ccc(OCC)cc2)C1C(=O)OCCOC(C)C. The van der Waals surface area contributed by atoms with Crippen molar-refractivity contribution in [2.24, 2.45) is 11.3 Å². The molecule has 3 rings (SSSR count). The van der Waals surface area contributed by atoms with E-state index in [1.165, 1.54) is 0 Å². The average Bonchev–Trinajstić information content (AvgIpc) is 2.69. The van der Waals surface area contributed by atoms with Crippen molar-refractivity contribution in [1.29, 1.82) is 0 Å². The van der Waals surface area contributed by atoms with Gasteiger partial charge in [-0.25, -0.2) is 0 Å². The summed E-state index contributed by atoms with van der Waals surface area (Å²) in [5.74, 6) is -0.735. The second-order valence-corrected chi connectivity index (χ2v) is 9.53. The van der Waals surface area contributed by atoms with Crippen molar-refractivity contribution < 1.29 is 23.8 Å². The van der Waals surface area contributed by atoms with Crippen LogP contribution < -0.4 is 10.1 Å². The van der Waals surface area contributed by atoms with Crippen molar-refractivity contribution >= 4 is 11.8 Å². The summed E-state index contributed by atoms with van der Waals surface area (Å²) in [6.07, 6.45) is 1.23. The average molecular weight is 442 g/mol. The Morgan fingerprint density at radius 3 is 2.50 bits per heavy atom. The standard InChI is InChI=1S/C26H35NO5/c1-7-30-19-10-8-18(9-11-19)23-22(25(29)32-13-12-31-16(2)3)17(4)27-20-14-26(5,6)15-21(28)24(20)23/h8-11,16,22-23,27H,4,7,12-15H2,1-3,5-6H3. The van der Waals surface area contributed by atoms with Gasteiger partial charge in [0.1, 0.15) is 18.3 Å². The number of rotatable bonds is 8. The van der Waals surface area contributed by atoms with Crippen LogP contribution in [0.5, 0.6) is 5.75 Å². The van der Waals surface area contributed by atoms with Crippen molar-refractivity contribution in [3.05, 3.63) is 53.4 Å². The molecular weight excluding hydrogens is 406 g/mol. The van der Waals surface area contributed by atoms with Crippen molar-refractivity contribution in [3.8, 4) is 5.75 Å². The molecule has 6 nitrogen and oxygen atoms in total. The fourth-order valence-corrected chi connectivity index (χ4v) is 4.54. The van der Waals surface area contributed by atoms with E-state index in [0.717, 1.165) is 23.4 Å². The molecule has 6 heteroatoms. The van der Waals surface area contributed by atoms with E-state index in [2.05, 4.69) is 25.7 Å². The van der Waals surface area contributed by atoms with E-state index in [1.807, 2.05) is 45.0 Å². The smallest absolute Gasteiger partial charge is 0.315 e. The first-order valence-electron chi connectivity index (χ1n) is 11.4. The maximum atomic E-state index is 13.3. The number of benzene rings is 1. The number of hydrogen-bond donors (Lipinski definition) is 1. The second-order valence-electron chi connectivity index (χ2n) is 9.53. The Morgan fingerprint density at radius 1 is 1.19 bits per heavy atom. The molecule has 1 N–H and O–H groups in total. The zero-order valence-corrected chi connectivity index (χ0v) is 19.8. The molecule has 0 aromatic heterocycles.